The van der Waals surface area contributed by atoms with E-state index in [9.17, 15) is 13.6 Å². The van der Waals surface area contributed by atoms with Gasteiger partial charge in [-0.2, -0.15) is 0 Å². The standard InChI is InChI=1S/C12H10F2N4O/c1-15-11-6-16-5-10(18-11)12(19)17-7-2-3-8(13)9(14)4-7/h2-6H,1H3,(H,15,18)(H,17,19). The van der Waals surface area contributed by atoms with Crippen LogP contribution >= 0.6 is 0 Å². The maximum atomic E-state index is 13.0. The Hall–Kier alpha value is -2.57. The van der Waals surface area contributed by atoms with E-state index >= 15 is 0 Å². The van der Waals surface area contributed by atoms with Gasteiger partial charge in [0.15, 0.2) is 11.6 Å². The van der Waals surface area contributed by atoms with E-state index in [4.69, 9.17) is 0 Å². The molecule has 1 aromatic carbocycles. The van der Waals surface area contributed by atoms with E-state index in [1.807, 2.05) is 0 Å². The number of nitrogens with one attached hydrogen (secondary N) is 2. The van der Waals surface area contributed by atoms with Crippen molar-refractivity contribution in [2.45, 2.75) is 0 Å². The molecule has 0 atom stereocenters. The van der Waals surface area contributed by atoms with Crippen LogP contribution in [0.25, 0.3) is 0 Å². The molecule has 2 rings (SSSR count). The number of aromatic nitrogens is 2. The summed E-state index contributed by atoms with van der Waals surface area (Å²) in [5, 5.41) is 5.14. The number of amides is 1. The van der Waals surface area contributed by atoms with E-state index in [2.05, 4.69) is 20.6 Å². The highest BCUT2D eigenvalue weighted by Crippen LogP contribution is 2.14. The van der Waals surface area contributed by atoms with E-state index in [0.29, 0.717) is 5.82 Å². The number of hydrogen-bond donors (Lipinski definition) is 2. The van der Waals surface area contributed by atoms with Gasteiger partial charge in [0.05, 0.1) is 12.4 Å². The second-order valence-electron chi connectivity index (χ2n) is 3.62. The molecule has 5 nitrogen and oxygen atoms in total. The molecule has 98 valence electrons. The summed E-state index contributed by atoms with van der Waals surface area (Å²) in [7, 11) is 1.64. The van der Waals surface area contributed by atoms with Crippen molar-refractivity contribution in [3.63, 3.8) is 0 Å². The van der Waals surface area contributed by atoms with Gasteiger partial charge in [0.2, 0.25) is 0 Å². The van der Waals surface area contributed by atoms with Crippen LogP contribution in [0.2, 0.25) is 0 Å². The van der Waals surface area contributed by atoms with E-state index in [1.54, 1.807) is 7.05 Å². The van der Waals surface area contributed by atoms with Crippen LogP contribution in [0.3, 0.4) is 0 Å². The highest BCUT2D eigenvalue weighted by Gasteiger charge is 2.10. The molecule has 0 spiro atoms. The van der Waals surface area contributed by atoms with Crippen LogP contribution in [0.5, 0.6) is 0 Å². The van der Waals surface area contributed by atoms with Crippen LogP contribution in [-0.4, -0.2) is 22.9 Å². The van der Waals surface area contributed by atoms with Crippen LogP contribution < -0.4 is 10.6 Å². The van der Waals surface area contributed by atoms with Crippen molar-refractivity contribution in [1.82, 2.24) is 9.97 Å². The van der Waals surface area contributed by atoms with Gasteiger partial charge < -0.3 is 10.6 Å². The van der Waals surface area contributed by atoms with E-state index in [1.165, 1.54) is 18.5 Å². The molecule has 1 aromatic heterocycles. The van der Waals surface area contributed by atoms with Crippen molar-refractivity contribution in [3.05, 3.63) is 47.9 Å². The molecule has 0 aliphatic heterocycles. The zero-order chi connectivity index (χ0) is 13.8. The topological polar surface area (TPSA) is 66.9 Å². The molecule has 1 heterocycles. The van der Waals surface area contributed by atoms with E-state index in [-0.39, 0.29) is 11.4 Å². The molecule has 0 radical (unpaired) electrons. The molecule has 0 unspecified atom stereocenters. The predicted molar refractivity (Wildman–Crippen MR) is 65.9 cm³/mol. The van der Waals surface area contributed by atoms with Crippen molar-refractivity contribution in [3.8, 4) is 0 Å². The van der Waals surface area contributed by atoms with Gasteiger partial charge in [0, 0.05) is 18.8 Å². The SMILES string of the molecule is CNc1cncc(C(=O)Nc2ccc(F)c(F)c2)n1. The average Bonchev–Trinajstić information content (AvgIpc) is 2.43. The largest absolute Gasteiger partial charge is 0.372 e. The third-order valence-corrected chi connectivity index (χ3v) is 2.30. The monoisotopic (exact) mass is 264 g/mol. The maximum Gasteiger partial charge on any atom is 0.275 e. The zero-order valence-electron chi connectivity index (χ0n) is 9.95. The maximum absolute atomic E-state index is 13.0. The molecular formula is C12H10F2N4O. The van der Waals surface area contributed by atoms with Crippen molar-refractivity contribution < 1.29 is 13.6 Å². The first-order valence-corrected chi connectivity index (χ1v) is 5.36. The molecule has 0 aliphatic rings. The first-order chi connectivity index (χ1) is 9.10. The molecule has 0 bridgehead atoms. The molecule has 0 fully saturated rings. The first kappa shape index (κ1) is 12.9. The van der Waals surface area contributed by atoms with Gasteiger partial charge in [0.1, 0.15) is 11.5 Å². The number of carbonyl (C=O) groups is 1. The summed E-state index contributed by atoms with van der Waals surface area (Å²) < 4.78 is 25.7. The molecule has 7 heteroatoms. The molecule has 0 saturated carbocycles. The lowest BCUT2D eigenvalue weighted by molar-refractivity contribution is 0.102. The summed E-state index contributed by atoms with van der Waals surface area (Å²) in [6.07, 6.45) is 2.73. The minimum Gasteiger partial charge on any atom is -0.372 e. The summed E-state index contributed by atoms with van der Waals surface area (Å²) in [5.74, 6) is -2.14. The van der Waals surface area contributed by atoms with Crippen molar-refractivity contribution in [1.29, 1.82) is 0 Å². The lowest BCUT2D eigenvalue weighted by atomic mass is 10.3. The number of rotatable bonds is 3. The third-order valence-electron chi connectivity index (χ3n) is 2.30. The van der Waals surface area contributed by atoms with Gasteiger partial charge in [-0.05, 0) is 12.1 Å². The zero-order valence-corrected chi connectivity index (χ0v) is 9.95. The Morgan fingerprint density at radius 1 is 1.21 bits per heavy atom. The fourth-order valence-electron chi connectivity index (χ4n) is 1.36. The minimum atomic E-state index is -1.03. The highest BCUT2D eigenvalue weighted by molar-refractivity contribution is 6.02. The summed E-state index contributed by atoms with van der Waals surface area (Å²) in [6, 6.07) is 3.08. The third kappa shape index (κ3) is 3.01. The predicted octanol–water partition coefficient (Wildman–Crippen LogP) is 2.05. The first-order valence-electron chi connectivity index (χ1n) is 5.36. The number of hydrogen-bond acceptors (Lipinski definition) is 4. The second kappa shape index (κ2) is 5.38. The summed E-state index contributed by atoms with van der Waals surface area (Å²) >= 11 is 0. The average molecular weight is 264 g/mol. The van der Waals surface area contributed by atoms with Crippen LogP contribution in [0, 0.1) is 11.6 Å². The van der Waals surface area contributed by atoms with Gasteiger partial charge >= 0.3 is 0 Å². The Balaban J connectivity index is 2.18. The van der Waals surface area contributed by atoms with Crippen molar-refractivity contribution in [2.24, 2.45) is 0 Å². The van der Waals surface area contributed by atoms with E-state index < -0.39 is 17.5 Å². The fourth-order valence-corrected chi connectivity index (χ4v) is 1.36. The number of benzene rings is 1. The number of carbonyl (C=O) groups excluding carboxylic acids is 1. The number of halogens is 2. The van der Waals surface area contributed by atoms with Crippen LogP contribution in [0.1, 0.15) is 10.5 Å². The van der Waals surface area contributed by atoms with Gasteiger partial charge in [-0.25, -0.2) is 13.8 Å². The smallest absolute Gasteiger partial charge is 0.275 e. The molecule has 0 saturated heterocycles. The lowest BCUT2D eigenvalue weighted by Gasteiger charge is -2.06. The minimum absolute atomic E-state index is 0.0663. The Labute approximate surface area is 107 Å². The van der Waals surface area contributed by atoms with Gasteiger partial charge in [-0.1, -0.05) is 0 Å². The molecule has 1 amide bonds. The summed E-state index contributed by atoms with van der Waals surface area (Å²) in [5.41, 5.74) is 0.206. The van der Waals surface area contributed by atoms with Crippen LogP contribution in [0.15, 0.2) is 30.6 Å². The molecule has 2 N–H and O–H groups in total. The molecule has 2 aromatic rings. The van der Waals surface area contributed by atoms with E-state index in [0.717, 1.165) is 12.1 Å². The highest BCUT2D eigenvalue weighted by atomic mass is 19.2. The summed E-state index contributed by atoms with van der Waals surface area (Å²) in [6.45, 7) is 0. The lowest BCUT2D eigenvalue weighted by Crippen LogP contribution is -2.15. The number of anilines is 2. The number of nitrogens with zero attached hydrogens (tertiary/aromatic N) is 2. The van der Waals surface area contributed by atoms with Gasteiger partial charge in [-0.15, -0.1) is 0 Å². The van der Waals surface area contributed by atoms with Gasteiger partial charge in [0.25, 0.3) is 5.91 Å². The summed E-state index contributed by atoms with van der Waals surface area (Å²) in [4.78, 5) is 19.6. The van der Waals surface area contributed by atoms with Crippen LogP contribution in [0.4, 0.5) is 20.3 Å². The second-order valence-corrected chi connectivity index (χ2v) is 3.62. The Bertz CT molecular complexity index is 618. The normalized spacial score (nSPS) is 10.1. The quantitative estimate of drug-likeness (QED) is 0.890. The van der Waals surface area contributed by atoms with Gasteiger partial charge in [-0.3, -0.25) is 9.78 Å². The van der Waals surface area contributed by atoms with Crippen molar-refractivity contribution >= 4 is 17.4 Å². The Kier molecular flexibility index (Phi) is 3.65. The Morgan fingerprint density at radius 2 is 2.00 bits per heavy atom. The molecule has 19 heavy (non-hydrogen) atoms. The molecular weight excluding hydrogens is 254 g/mol. The Morgan fingerprint density at radius 3 is 2.68 bits per heavy atom. The van der Waals surface area contributed by atoms with Crippen molar-refractivity contribution in [2.75, 3.05) is 17.7 Å². The molecule has 0 aliphatic carbocycles. The van der Waals surface area contributed by atoms with Crippen LogP contribution in [-0.2, 0) is 0 Å². The fraction of sp³-hybridized carbons (Fsp3) is 0.0833.